The van der Waals surface area contributed by atoms with E-state index in [9.17, 15) is 20.1 Å². The van der Waals surface area contributed by atoms with E-state index in [-0.39, 0.29) is 22.7 Å². The van der Waals surface area contributed by atoms with Crippen LogP contribution in [-0.4, -0.2) is 39.0 Å². The van der Waals surface area contributed by atoms with Crippen LogP contribution in [0.4, 0.5) is 0 Å². The molecule has 2 aromatic carbocycles. The van der Waals surface area contributed by atoms with Gasteiger partial charge in [0, 0.05) is 10.8 Å². The Morgan fingerprint density at radius 3 is 1.09 bits per heavy atom. The number of benzene rings is 2. The van der Waals surface area contributed by atoms with Crippen LogP contribution in [0.3, 0.4) is 0 Å². The van der Waals surface area contributed by atoms with Crippen molar-refractivity contribution in [3.8, 4) is 35.1 Å². The summed E-state index contributed by atoms with van der Waals surface area (Å²) in [4.78, 5) is 25.1. The molecule has 0 saturated carbocycles. The summed E-state index contributed by atoms with van der Waals surface area (Å²) in [6.07, 6.45) is 18.8. The summed E-state index contributed by atoms with van der Waals surface area (Å²) in [6.45, 7) is 12.1. The molecule has 0 N–H and O–H groups in total. The lowest BCUT2D eigenvalue weighted by molar-refractivity contribution is -0.122. The molecule has 0 aliphatic rings. The van der Waals surface area contributed by atoms with Crippen molar-refractivity contribution in [1.82, 2.24) is 0 Å². The summed E-state index contributed by atoms with van der Waals surface area (Å²) in [6, 6.07) is 15.0. The van der Waals surface area contributed by atoms with Crippen LogP contribution in [-0.2, 0) is 9.59 Å². The van der Waals surface area contributed by atoms with Crippen LogP contribution in [0, 0.1) is 33.5 Å². The molecule has 0 aliphatic heterocycles. The second-order valence-electron chi connectivity index (χ2n) is 15.6. The van der Waals surface area contributed by atoms with E-state index >= 15 is 0 Å². The highest BCUT2D eigenvalue weighted by atomic mass is 16.5. The highest BCUT2D eigenvalue weighted by Gasteiger charge is 2.26. The molecule has 0 amide bonds. The molecule has 0 spiro atoms. The van der Waals surface area contributed by atoms with Gasteiger partial charge in [-0.15, -0.1) is 0 Å². The van der Waals surface area contributed by atoms with Crippen LogP contribution in [0.2, 0.25) is 0 Å². The van der Waals surface area contributed by atoms with E-state index in [0.29, 0.717) is 36.2 Å². The number of hydrogen-bond acceptors (Lipinski definition) is 8. The minimum Gasteiger partial charge on any atom is -0.493 e. The summed E-state index contributed by atoms with van der Waals surface area (Å²) >= 11 is 0. The molecular weight excluding hydrogens is 665 g/mol. The van der Waals surface area contributed by atoms with Crippen LogP contribution >= 0.6 is 0 Å². The minimum absolute atomic E-state index is 0.129. The fourth-order valence-corrected chi connectivity index (χ4v) is 5.74. The quantitative estimate of drug-likeness (QED) is 0.0596. The normalized spacial score (nSPS) is 12.1. The number of allylic oxidation sites excluding steroid dienone is 2. The number of ether oxygens (including phenoxy) is 4. The second kappa shape index (κ2) is 23.2. The molecule has 2 rings (SSSR count). The molecule has 0 bridgehead atoms. The summed E-state index contributed by atoms with van der Waals surface area (Å²) in [5.41, 5.74) is 0.473. The zero-order chi connectivity index (χ0) is 39.3. The highest BCUT2D eigenvalue weighted by molar-refractivity contribution is 6.06. The molecule has 0 fully saturated rings. The summed E-state index contributed by atoms with van der Waals surface area (Å²) in [5, 5.41) is 19.0. The van der Waals surface area contributed by atoms with Crippen LogP contribution in [0.25, 0.3) is 12.2 Å². The van der Waals surface area contributed by atoms with E-state index in [1.807, 2.05) is 36.4 Å². The third-order valence-electron chi connectivity index (χ3n) is 8.89. The highest BCUT2D eigenvalue weighted by Crippen LogP contribution is 2.32. The third-order valence-corrected chi connectivity index (χ3v) is 8.89. The third kappa shape index (κ3) is 16.3. The first kappa shape index (κ1) is 44.6. The van der Waals surface area contributed by atoms with Crippen LogP contribution in [0.1, 0.15) is 136 Å². The number of nitrogens with zero attached hydrogens (tertiary/aromatic N) is 2. The molecule has 0 aromatic heterocycles. The number of rotatable bonds is 24. The topological polar surface area (TPSA) is 119 Å². The number of unbranched alkanes of at least 4 members (excludes halogenated alkanes) is 12. The maximum Gasteiger partial charge on any atom is 0.178 e. The Bertz CT molecular complexity index is 1490. The van der Waals surface area contributed by atoms with Crippen molar-refractivity contribution in [2.45, 2.75) is 125 Å². The van der Waals surface area contributed by atoms with E-state index in [2.05, 4.69) is 0 Å². The Morgan fingerprint density at radius 2 is 0.830 bits per heavy atom. The fraction of sp³-hybridized carbons (Fsp3) is 0.556. The molecule has 0 aliphatic carbocycles. The maximum absolute atomic E-state index is 12.5. The Labute approximate surface area is 319 Å². The summed E-state index contributed by atoms with van der Waals surface area (Å²) in [7, 11) is 3.18. The van der Waals surface area contributed by atoms with Gasteiger partial charge < -0.3 is 18.9 Å². The van der Waals surface area contributed by atoms with Crippen molar-refractivity contribution in [3.63, 3.8) is 0 Å². The van der Waals surface area contributed by atoms with Gasteiger partial charge in [0.25, 0.3) is 0 Å². The molecular formula is C45H62N2O6. The average Bonchev–Trinajstić information content (AvgIpc) is 3.13. The SMILES string of the molecule is COc1cc(C=C(C#N)C(=O)C(C)(C)C)ccc1OCCCCCCCCCCCCCCCOc1ccc(C=C(C#N)C(=O)C(C)(C)C)cc1OC. The first-order chi connectivity index (χ1) is 25.2. The van der Waals surface area contributed by atoms with E-state index in [1.165, 1.54) is 57.8 Å². The van der Waals surface area contributed by atoms with Gasteiger partial charge in [0.05, 0.1) is 38.6 Å². The van der Waals surface area contributed by atoms with Gasteiger partial charge in [-0.3, -0.25) is 9.59 Å². The summed E-state index contributed by atoms with van der Waals surface area (Å²) in [5.74, 6) is 2.13. The van der Waals surface area contributed by atoms with Gasteiger partial charge in [-0.05, 0) is 60.4 Å². The predicted molar refractivity (Wildman–Crippen MR) is 213 cm³/mol. The van der Waals surface area contributed by atoms with E-state index in [1.54, 1.807) is 80.0 Å². The number of methoxy groups -OCH3 is 2. The molecule has 0 radical (unpaired) electrons. The molecule has 0 saturated heterocycles. The molecule has 288 valence electrons. The van der Waals surface area contributed by atoms with Gasteiger partial charge >= 0.3 is 0 Å². The van der Waals surface area contributed by atoms with Crippen LogP contribution in [0.15, 0.2) is 47.5 Å². The van der Waals surface area contributed by atoms with Gasteiger partial charge in [-0.1, -0.05) is 124 Å². The van der Waals surface area contributed by atoms with Crippen molar-refractivity contribution in [3.05, 3.63) is 58.7 Å². The van der Waals surface area contributed by atoms with Gasteiger partial charge in [-0.25, -0.2) is 0 Å². The lowest BCUT2D eigenvalue weighted by Gasteiger charge is -2.15. The van der Waals surface area contributed by atoms with Gasteiger partial charge in [-0.2, -0.15) is 10.5 Å². The number of hydrogen-bond donors (Lipinski definition) is 0. The Kier molecular flexibility index (Phi) is 19.5. The fourth-order valence-electron chi connectivity index (χ4n) is 5.74. The van der Waals surface area contributed by atoms with Crippen molar-refractivity contribution in [2.75, 3.05) is 27.4 Å². The first-order valence-corrected chi connectivity index (χ1v) is 19.2. The molecule has 0 atom stereocenters. The van der Waals surface area contributed by atoms with Crippen molar-refractivity contribution < 1.29 is 28.5 Å². The molecule has 0 unspecified atom stereocenters. The van der Waals surface area contributed by atoms with Crippen molar-refractivity contribution in [2.24, 2.45) is 10.8 Å². The molecule has 8 nitrogen and oxygen atoms in total. The molecule has 53 heavy (non-hydrogen) atoms. The smallest absolute Gasteiger partial charge is 0.178 e. The number of ketones is 2. The van der Waals surface area contributed by atoms with E-state index in [0.717, 1.165) is 36.8 Å². The number of nitriles is 2. The molecule has 8 heteroatoms. The Morgan fingerprint density at radius 1 is 0.528 bits per heavy atom. The zero-order valence-corrected chi connectivity index (χ0v) is 33.6. The molecule has 2 aromatic rings. The van der Waals surface area contributed by atoms with Crippen LogP contribution < -0.4 is 18.9 Å². The standard InChI is InChI=1S/C45H62N2O6/c1-44(2,3)42(48)36(32-46)28-34-22-24-38(40(30-34)50-7)52-26-20-18-16-14-12-10-9-11-13-15-17-19-21-27-53-39-25-23-35(31-41(39)51-8)29-37(33-47)43(49)45(4,5)6/h22-25,28-31H,9-21,26-27H2,1-8H3. The minimum atomic E-state index is -0.620. The zero-order valence-electron chi connectivity index (χ0n) is 33.6. The van der Waals surface area contributed by atoms with Gasteiger partial charge in [0.2, 0.25) is 0 Å². The second-order valence-corrected chi connectivity index (χ2v) is 15.6. The number of Topliss-reactive ketones (excluding diaryl/α,β-unsaturated/α-hetero) is 2. The van der Waals surface area contributed by atoms with E-state index < -0.39 is 10.8 Å². The summed E-state index contributed by atoms with van der Waals surface area (Å²) < 4.78 is 23.0. The maximum atomic E-state index is 12.5. The van der Waals surface area contributed by atoms with Crippen molar-refractivity contribution in [1.29, 1.82) is 10.5 Å². The first-order valence-electron chi connectivity index (χ1n) is 19.2. The largest absolute Gasteiger partial charge is 0.493 e. The molecule has 0 heterocycles. The van der Waals surface area contributed by atoms with E-state index in [4.69, 9.17) is 18.9 Å². The van der Waals surface area contributed by atoms with Gasteiger partial charge in [0.15, 0.2) is 34.6 Å². The lowest BCUT2D eigenvalue weighted by Crippen LogP contribution is -2.21. The lowest BCUT2D eigenvalue weighted by atomic mass is 9.86. The predicted octanol–water partition coefficient (Wildman–Crippen LogP) is 11.3. The van der Waals surface area contributed by atoms with Gasteiger partial charge in [0.1, 0.15) is 12.1 Å². The Hall–Kier alpha value is -4.56. The Balaban J connectivity index is 1.53. The number of carbonyl (C=O) groups excluding carboxylic acids is 2. The van der Waals surface area contributed by atoms with Crippen molar-refractivity contribution >= 4 is 23.7 Å². The van der Waals surface area contributed by atoms with Crippen LogP contribution in [0.5, 0.6) is 23.0 Å². The number of carbonyl (C=O) groups is 2. The monoisotopic (exact) mass is 726 g/mol. The average molecular weight is 727 g/mol.